The third-order valence-corrected chi connectivity index (χ3v) is 10.9. The number of hydrogen-bond donors (Lipinski definition) is 1. The molecule has 3 unspecified atom stereocenters. The molecule has 0 spiro atoms. The molecule has 1 aliphatic carbocycles. The number of amides is 1. The Balaban J connectivity index is 1.21. The lowest BCUT2D eigenvalue weighted by atomic mass is 9.78. The summed E-state index contributed by atoms with van der Waals surface area (Å²) in [5.74, 6) is 0.702. The van der Waals surface area contributed by atoms with E-state index in [9.17, 15) is 10.1 Å². The quantitative estimate of drug-likeness (QED) is 0.233. The highest BCUT2D eigenvalue weighted by Crippen LogP contribution is 2.51. The maximum atomic E-state index is 13.6. The normalized spacial score (nSPS) is 20.6. The van der Waals surface area contributed by atoms with Crippen molar-refractivity contribution in [2.45, 2.75) is 58.5 Å². The van der Waals surface area contributed by atoms with E-state index in [1.165, 1.54) is 11.0 Å². The van der Waals surface area contributed by atoms with Crippen LogP contribution in [0.5, 0.6) is 0 Å². The second-order valence-corrected chi connectivity index (χ2v) is 14.1. The molecule has 2 aromatic carbocycles. The third-order valence-electron chi connectivity index (χ3n) is 10.4. The highest BCUT2D eigenvalue weighted by Gasteiger charge is 2.48. The van der Waals surface area contributed by atoms with Gasteiger partial charge in [-0.1, -0.05) is 17.7 Å². The minimum atomic E-state index is -0.386. The van der Waals surface area contributed by atoms with Crippen molar-refractivity contribution < 1.29 is 4.79 Å². The van der Waals surface area contributed by atoms with Crippen LogP contribution in [0.4, 0.5) is 4.79 Å². The molecule has 3 atom stereocenters. The fraction of sp³-hybridized carbons (Fsp3) is 0.382. The second-order valence-electron chi connectivity index (χ2n) is 13.7. The summed E-state index contributed by atoms with van der Waals surface area (Å²) in [5, 5.41) is 33.3. The monoisotopic (exact) mass is 647 g/mol. The number of hydrogen-bond acceptors (Lipinski definition) is 7. The average molecular weight is 648 g/mol. The first kappa shape index (κ1) is 29.4. The van der Waals surface area contributed by atoms with Gasteiger partial charge in [0.15, 0.2) is 0 Å². The Kier molecular flexibility index (Phi) is 6.57. The molecule has 12 nitrogen and oxygen atoms in total. The van der Waals surface area contributed by atoms with E-state index in [4.69, 9.17) is 16.7 Å². The second kappa shape index (κ2) is 10.5. The Labute approximate surface area is 275 Å². The summed E-state index contributed by atoms with van der Waals surface area (Å²) in [6.45, 7) is 8.97. The van der Waals surface area contributed by atoms with E-state index in [0.717, 1.165) is 74.7 Å². The van der Waals surface area contributed by atoms with Crippen molar-refractivity contribution in [3.05, 3.63) is 65.1 Å². The molecule has 0 bridgehead atoms. The van der Waals surface area contributed by atoms with E-state index in [1.54, 1.807) is 0 Å². The number of likely N-dealkylation sites (tertiary alicyclic amines) is 1. The molecule has 1 saturated heterocycles. The number of aromatic nitrogens is 9. The van der Waals surface area contributed by atoms with Gasteiger partial charge in [-0.3, -0.25) is 14.5 Å². The lowest BCUT2D eigenvalue weighted by molar-refractivity contribution is 0.0480. The molecule has 238 valence electrons. The van der Waals surface area contributed by atoms with Gasteiger partial charge in [-0.25, -0.2) is 9.78 Å². The van der Waals surface area contributed by atoms with Crippen LogP contribution in [0.2, 0.25) is 5.02 Å². The summed E-state index contributed by atoms with van der Waals surface area (Å²) in [7, 11) is 1.94. The Morgan fingerprint density at radius 1 is 1.11 bits per heavy atom. The molecule has 47 heavy (non-hydrogen) atoms. The van der Waals surface area contributed by atoms with Crippen molar-refractivity contribution in [2.75, 3.05) is 6.54 Å². The summed E-state index contributed by atoms with van der Waals surface area (Å²) >= 11 is 7.14. The Morgan fingerprint density at radius 3 is 2.70 bits per heavy atom. The molecule has 2 fully saturated rings. The van der Waals surface area contributed by atoms with E-state index in [1.807, 2.05) is 48.1 Å². The van der Waals surface area contributed by atoms with E-state index in [2.05, 4.69) is 69.0 Å². The van der Waals surface area contributed by atoms with Gasteiger partial charge in [0.2, 0.25) is 0 Å². The lowest BCUT2D eigenvalue weighted by Gasteiger charge is -2.47. The molecule has 4 aromatic heterocycles. The number of nitrogens with one attached hydrogen (secondary N) is 1. The number of aromatic amines is 1. The van der Waals surface area contributed by atoms with Crippen molar-refractivity contribution in [2.24, 2.45) is 18.9 Å². The summed E-state index contributed by atoms with van der Waals surface area (Å²) in [5.41, 5.74) is 7.39. The Hall–Kier alpha value is -5.02. The van der Waals surface area contributed by atoms with Crippen LogP contribution in [0.15, 0.2) is 43.0 Å². The highest BCUT2D eigenvalue weighted by atomic mass is 35.5. The van der Waals surface area contributed by atoms with Crippen LogP contribution < -0.4 is 0 Å². The van der Waals surface area contributed by atoms with E-state index in [-0.39, 0.29) is 23.4 Å². The van der Waals surface area contributed by atoms with Crippen LogP contribution >= 0.6 is 11.6 Å². The summed E-state index contributed by atoms with van der Waals surface area (Å²) < 4.78 is 5.26. The van der Waals surface area contributed by atoms with Crippen LogP contribution in [0.25, 0.3) is 44.2 Å². The fourth-order valence-corrected chi connectivity index (χ4v) is 8.34. The molecule has 1 saturated carbocycles. The van der Waals surface area contributed by atoms with Crippen LogP contribution in [0, 0.1) is 37.0 Å². The summed E-state index contributed by atoms with van der Waals surface area (Å²) in [6.07, 6.45) is 7.75. The molecule has 0 radical (unpaired) electrons. The number of H-pyrrole nitrogens is 1. The third kappa shape index (κ3) is 4.55. The molecule has 2 aliphatic rings. The number of carbonyl (C=O) groups excluding carboxylic acids is 1. The minimum absolute atomic E-state index is 0.0168. The van der Waals surface area contributed by atoms with E-state index >= 15 is 0 Å². The van der Waals surface area contributed by atoms with Gasteiger partial charge in [-0.2, -0.15) is 25.2 Å². The van der Waals surface area contributed by atoms with Gasteiger partial charge in [0.1, 0.15) is 18.1 Å². The average Bonchev–Trinajstić information content (AvgIpc) is 3.88. The maximum Gasteiger partial charge on any atom is 0.346 e. The number of nitriles is 1. The molecular weight excluding hydrogens is 614 g/mol. The van der Waals surface area contributed by atoms with Gasteiger partial charge >= 0.3 is 6.03 Å². The van der Waals surface area contributed by atoms with E-state index in [0.29, 0.717) is 23.4 Å². The van der Waals surface area contributed by atoms with Crippen molar-refractivity contribution in [1.82, 2.24) is 49.4 Å². The zero-order valence-corrected chi connectivity index (χ0v) is 27.6. The van der Waals surface area contributed by atoms with Crippen molar-refractivity contribution in [3.8, 4) is 28.5 Å². The first-order valence-electron chi connectivity index (χ1n) is 15.8. The number of fused-ring (bicyclic) bond motifs is 3. The smallest absolute Gasteiger partial charge is 0.317 e. The number of aryl methyl sites for hydroxylation is 2. The Morgan fingerprint density at radius 2 is 1.91 bits per heavy atom. The molecule has 1 amide bonds. The molecule has 8 rings (SSSR count). The van der Waals surface area contributed by atoms with Crippen LogP contribution in [0.1, 0.15) is 56.2 Å². The predicted molar refractivity (Wildman–Crippen MR) is 178 cm³/mol. The molecule has 6 aromatic rings. The number of benzene rings is 2. The number of rotatable bonds is 3. The van der Waals surface area contributed by atoms with Gasteiger partial charge in [-0.15, -0.1) is 5.10 Å². The standard InChI is InChI=1S/C34H34ClN11O/c1-18-8-26-25(15-38-40-26)30(31(18)35)29-19(2)46(42-32(29)20-6-7-27-22(9-20)14-39-43(27)5)24-10-21-12-34(3,4)44(16-23(21)11-24)33(47)45-17-37-28(13-36)41-45/h6-9,14-15,17,21,23-24H,10-12,16H2,1-5H3,(H,38,40). The minimum Gasteiger partial charge on any atom is -0.317 e. The lowest BCUT2D eigenvalue weighted by Crippen LogP contribution is -2.56. The highest BCUT2D eigenvalue weighted by molar-refractivity contribution is 6.36. The number of piperidine rings is 1. The van der Waals surface area contributed by atoms with E-state index < -0.39 is 0 Å². The number of nitrogens with zero attached hydrogens (tertiary/aromatic N) is 10. The maximum absolute atomic E-state index is 13.6. The first-order chi connectivity index (χ1) is 22.5. The molecule has 1 N–H and O–H groups in total. The predicted octanol–water partition coefficient (Wildman–Crippen LogP) is 6.43. The largest absolute Gasteiger partial charge is 0.346 e. The summed E-state index contributed by atoms with van der Waals surface area (Å²) in [6, 6.07) is 10.2. The van der Waals surface area contributed by atoms with Crippen molar-refractivity contribution in [3.63, 3.8) is 0 Å². The van der Waals surface area contributed by atoms with Crippen molar-refractivity contribution >= 4 is 39.4 Å². The van der Waals surface area contributed by atoms with Crippen LogP contribution in [-0.4, -0.2) is 67.5 Å². The van der Waals surface area contributed by atoms with Gasteiger partial charge in [0.25, 0.3) is 5.82 Å². The van der Waals surface area contributed by atoms with Gasteiger partial charge in [0, 0.05) is 52.3 Å². The molecular formula is C34H34ClN11O. The van der Waals surface area contributed by atoms with Crippen molar-refractivity contribution in [1.29, 1.82) is 5.26 Å². The molecule has 1 aliphatic heterocycles. The Bertz CT molecular complexity index is 2260. The SMILES string of the molecule is Cc1cc2[nH]ncc2c(-c2c(-c3ccc4c(cnn4C)c3)nn(C3CC4CN(C(=O)n5cnc(C#N)n5)C(C)(C)CC4C3)c2C)c1Cl. The fourth-order valence-electron chi connectivity index (χ4n) is 8.09. The zero-order chi connectivity index (χ0) is 32.8. The van der Waals surface area contributed by atoms with Gasteiger partial charge in [-0.05, 0) is 82.6 Å². The van der Waals surface area contributed by atoms with Gasteiger partial charge < -0.3 is 4.90 Å². The number of carbonyl (C=O) groups is 1. The van der Waals surface area contributed by atoms with Crippen LogP contribution in [0.3, 0.4) is 0 Å². The first-order valence-corrected chi connectivity index (χ1v) is 16.2. The molecule has 5 heterocycles. The van der Waals surface area contributed by atoms with Gasteiger partial charge in [0.05, 0.1) is 34.5 Å². The molecule has 13 heteroatoms. The zero-order valence-electron chi connectivity index (χ0n) is 26.9. The number of halogens is 1. The topological polar surface area (TPSA) is 139 Å². The summed E-state index contributed by atoms with van der Waals surface area (Å²) in [4.78, 5) is 19.4. The van der Waals surface area contributed by atoms with Crippen LogP contribution in [-0.2, 0) is 7.05 Å².